The Balaban J connectivity index is 1.01. The van der Waals surface area contributed by atoms with Gasteiger partial charge in [-0.3, -0.25) is 9.69 Å². The molecule has 0 radical (unpaired) electrons. The van der Waals surface area contributed by atoms with Gasteiger partial charge in [-0.2, -0.15) is 10.4 Å². The highest BCUT2D eigenvalue weighted by Gasteiger charge is 2.47. The summed E-state index contributed by atoms with van der Waals surface area (Å²) < 4.78 is 18.3. The molecule has 1 spiro atoms. The van der Waals surface area contributed by atoms with E-state index in [2.05, 4.69) is 48.4 Å². The van der Waals surface area contributed by atoms with E-state index in [0.717, 1.165) is 79.9 Å². The Morgan fingerprint density at radius 1 is 1.02 bits per heavy atom. The molecule has 2 aromatic carbocycles. The number of carbonyl (C=O) groups is 2. The quantitative estimate of drug-likeness (QED) is 0.217. The Bertz CT molecular complexity index is 2010. The second kappa shape index (κ2) is 16.3. The monoisotopic (exact) mass is 735 g/mol. The van der Waals surface area contributed by atoms with Crippen molar-refractivity contribution in [3.8, 4) is 17.6 Å². The number of benzene rings is 2. The standard InChI is InChI=1S/C40H49N9O5/c1-4-54-39(51)42-15-7-16-48-17-12-29-22-34(52-2)35(53-3)23-33(29)40(48)13-10-28(11-14-40)38(50)47-20-18-46(19-21-47)36-32-25-45-49(37(32)44-27-43-36)26-31-9-6-5-8-30(31)24-41/h5-6,8-9,22-23,25,27-28H,4,7,10-21,26H2,1-3H3,(H,42,51). The molecule has 1 N–H and O–H groups in total. The molecule has 1 aliphatic carbocycles. The summed E-state index contributed by atoms with van der Waals surface area (Å²) in [5.74, 6) is 2.46. The van der Waals surface area contributed by atoms with Crippen LogP contribution in [0.4, 0.5) is 10.6 Å². The number of nitriles is 1. The van der Waals surface area contributed by atoms with Crippen molar-refractivity contribution in [2.24, 2.45) is 5.92 Å². The minimum atomic E-state index is -0.385. The summed E-state index contributed by atoms with van der Waals surface area (Å²) in [5, 5.41) is 17.9. The minimum Gasteiger partial charge on any atom is -0.493 e. The summed E-state index contributed by atoms with van der Waals surface area (Å²) in [4.78, 5) is 42.0. The molecular formula is C40H49N9O5. The highest BCUT2D eigenvalue weighted by atomic mass is 16.5. The molecule has 4 aromatic rings. The number of rotatable bonds is 11. The van der Waals surface area contributed by atoms with Crippen molar-refractivity contribution in [3.05, 3.63) is 71.2 Å². The second-order valence-corrected chi connectivity index (χ2v) is 14.2. The fraction of sp³-hybridized carbons (Fsp3) is 0.500. The average Bonchev–Trinajstić information content (AvgIpc) is 3.63. The summed E-state index contributed by atoms with van der Waals surface area (Å²) in [7, 11) is 3.34. The number of aromatic nitrogens is 4. The number of hydrogen-bond acceptors (Lipinski definition) is 11. The van der Waals surface area contributed by atoms with Gasteiger partial charge in [0.1, 0.15) is 12.1 Å². The molecule has 2 aliphatic heterocycles. The van der Waals surface area contributed by atoms with Crippen LogP contribution in [0.5, 0.6) is 11.5 Å². The zero-order valence-electron chi connectivity index (χ0n) is 31.4. The lowest BCUT2D eigenvalue weighted by Crippen LogP contribution is -2.55. The van der Waals surface area contributed by atoms with Crippen LogP contribution >= 0.6 is 0 Å². The summed E-state index contributed by atoms with van der Waals surface area (Å²) in [6.07, 6.45) is 7.98. The normalized spacial score (nSPS) is 20.0. The third-order valence-corrected chi connectivity index (χ3v) is 11.4. The van der Waals surface area contributed by atoms with E-state index >= 15 is 0 Å². The summed E-state index contributed by atoms with van der Waals surface area (Å²) in [6, 6.07) is 14.1. The molecular weight excluding hydrogens is 686 g/mol. The van der Waals surface area contributed by atoms with Gasteiger partial charge < -0.3 is 29.3 Å². The van der Waals surface area contributed by atoms with Gasteiger partial charge in [-0.1, -0.05) is 18.2 Å². The largest absolute Gasteiger partial charge is 0.493 e. The lowest BCUT2D eigenvalue weighted by atomic mass is 9.68. The number of carbonyl (C=O) groups excluding carboxylic acids is 2. The predicted octanol–water partition coefficient (Wildman–Crippen LogP) is 4.49. The van der Waals surface area contributed by atoms with E-state index in [4.69, 9.17) is 14.2 Å². The van der Waals surface area contributed by atoms with Gasteiger partial charge in [-0.05, 0) is 80.3 Å². The Kier molecular flexibility index (Phi) is 11.1. The molecule has 2 aromatic heterocycles. The number of anilines is 1. The lowest BCUT2D eigenvalue weighted by molar-refractivity contribution is -0.138. The number of hydrogen-bond donors (Lipinski definition) is 1. The highest BCUT2D eigenvalue weighted by Crippen LogP contribution is 2.50. The number of fused-ring (bicyclic) bond motifs is 3. The van der Waals surface area contributed by atoms with Gasteiger partial charge in [0.15, 0.2) is 17.1 Å². The van der Waals surface area contributed by atoms with Crippen molar-refractivity contribution in [2.75, 3.05) is 71.5 Å². The molecule has 14 heteroatoms. The van der Waals surface area contributed by atoms with Crippen LogP contribution in [0.15, 0.2) is 48.9 Å². The first-order chi connectivity index (χ1) is 26.4. The maximum Gasteiger partial charge on any atom is 0.407 e. The Morgan fingerprint density at radius 3 is 2.52 bits per heavy atom. The molecule has 4 heterocycles. The molecule has 7 rings (SSSR count). The molecule has 0 bridgehead atoms. The van der Waals surface area contributed by atoms with Crippen molar-refractivity contribution in [1.82, 2.24) is 34.9 Å². The Morgan fingerprint density at radius 2 is 1.78 bits per heavy atom. The fourth-order valence-corrected chi connectivity index (χ4v) is 8.67. The third-order valence-electron chi connectivity index (χ3n) is 11.4. The minimum absolute atomic E-state index is 0.0414. The van der Waals surface area contributed by atoms with E-state index in [1.165, 1.54) is 11.1 Å². The summed E-state index contributed by atoms with van der Waals surface area (Å²) in [6.45, 7) is 7.41. The number of alkyl carbamates (subject to hydrolysis) is 1. The molecule has 1 saturated carbocycles. The highest BCUT2D eigenvalue weighted by molar-refractivity contribution is 5.87. The van der Waals surface area contributed by atoms with E-state index in [0.29, 0.717) is 57.1 Å². The average molecular weight is 736 g/mol. The number of methoxy groups -OCH3 is 2. The maximum absolute atomic E-state index is 14.1. The van der Waals surface area contributed by atoms with Crippen LogP contribution in [0.3, 0.4) is 0 Å². The Labute approximate surface area is 316 Å². The zero-order valence-corrected chi connectivity index (χ0v) is 31.4. The molecule has 3 aliphatic rings. The van der Waals surface area contributed by atoms with Gasteiger partial charge in [0.05, 0.1) is 50.6 Å². The Hall–Kier alpha value is -5.42. The first kappa shape index (κ1) is 36.9. The van der Waals surface area contributed by atoms with Crippen molar-refractivity contribution in [3.63, 3.8) is 0 Å². The van der Waals surface area contributed by atoms with Gasteiger partial charge in [0.2, 0.25) is 5.91 Å². The summed E-state index contributed by atoms with van der Waals surface area (Å²) in [5.41, 5.74) is 4.52. The van der Waals surface area contributed by atoms with E-state index < -0.39 is 0 Å². The van der Waals surface area contributed by atoms with Crippen molar-refractivity contribution in [2.45, 2.75) is 57.5 Å². The number of ether oxygens (including phenoxy) is 3. The van der Waals surface area contributed by atoms with E-state index in [1.54, 1.807) is 33.7 Å². The molecule has 1 saturated heterocycles. The first-order valence-corrected chi connectivity index (χ1v) is 19.0. The molecule has 2 fully saturated rings. The third kappa shape index (κ3) is 7.24. The zero-order chi connectivity index (χ0) is 37.7. The van der Waals surface area contributed by atoms with Crippen molar-refractivity contribution < 1.29 is 23.8 Å². The van der Waals surface area contributed by atoms with Crippen LogP contribution in [-0.4, -0.2) is 108 Å². The van der Waals surface area contributed by atoms with Gasteiger partial charge in [-0.25, -0.2) is 19.4 Å². The molecule has 0 unspecified atom stereocenters. The molecule has 14 nitrogen and oxygen atoms in total. The lowest BCUT2D eigenvalue weighted by Gasteiger charge is -2.52. The molecule has 0 atom stereocenters. The van der Waals surface area contributed by atoms with Gasteiger partial charge >= 0.3 is 6.09 Å². The van der Waals surface area contributed by atoms with E-state index in [1.807, 2.05) is 33.8 Å². The molecule has 54 heavy (non-hydrogen) atoms. The number of piperazine rings is 1. The fourth-order valence-electron chi connectivity index (χ4n) is 8.67. The van der Waals surface area contributed by atoms with E-state index in [-0.39, 0.29) is 23.5 Å². The maximum atomic E-state index is 14.1. The SMILES string of the molecule is CCOC(=O)NCCCN1CCc2cc(OC)c(OC)cc2C12CCC(C(=O)N1CCN(c3ncnc4c3cnn4Cc3ccccc3C#N)CC1)CC2. The summed E-state index contributed by atoms with van der Waals surface area (Å²) >= 11 is 0. The smallest absolute Gasteiger partial charge is 0.407 e. The van der Waals surface area contributed by atoms with Gasteiger partial charge in [-0.15, -0.1) is 0 Å². The van der Waals surface area contributed by atoms with Crippen molar-refractivity contribution >= 4 is 28.9 Å². The van der Waals surface area contributed by atoms with Gasteiger partial charge in [0, 0.05) is 57.3 Å². The number of amides is 2. The number of nitrogens with one attached hydrogen (secondary N) is 1. The predicted molar refractivity (Wildman–Crippen MR) is 202 cm³/mol. The van der Waals surface area contributed by atoms with Crippen LogP contribution in [0.2, 0.25) is 0 Å². The molecule has 284 valence electrons. The second-order valence-electron chi connectivity index (χ2n) is 14.2. The van der Waals surface area contributed by atoms with Gasteiger partial charge in [0.25, 0.3) is 0 Å². The van der Waals surface area contributed by atoms with Crippen LogP contribution in [-0.2, 0) is 28.0 Å². The number of nitrogens with zero attached hydrogens (tertiary/aromatic N) is 8. The van der Waals surface area contributed by atoms with Crippen LogP contribution in [0.25, 0.3) is 11.0 Å². The van der Waals surface area contributed by atoms with Crippen molar-refractivity contribution in [1.29, 1.82) is 5.26 Å². The topological polar surface area (TPSA) is 151 Å². The first-order valence-electron chi connectivity index (χ1n) is 19.0. The van der Waals surface area contributed by atoms with Crippen LogP contribution < -0.4 is 19.7 Å². The molecule has 2 amide bonds. The van der Waals surface area contributed by atoms with Crippen LogP contribution in [0.1, 0.15) is 61.3 Å². The van der Waals surface area contributed by atoms with E-state index in [9.17, 15) is 14.9 Å². The van der Waals surface area contributed by atoms with Crippen LogP contribution in [0, 0.1) is 17.2 Å².